The van der Waals surface area contributed by atoms with E-state index in [1.54, 1.807) is 0 Å². The Morgan fingerprint density at radius 2 is 1.18 bits per heavy atom. The number of hydrogen-bond donors (Lipinski definition) is 0. The molecule has 1 heteroatoms. The lowest BCUT2D eigenvalue weighted by Crippen LogP contribution is -2.25. The van der Waals surface area contributed by atoms with Gasteiger partial charge in [0.05, 0.1) is 0 Å². The van der Waals surface area contributed by atoms with Crippen molar-refractivity contribution in [1.82, 2.24) is 0 Å². The van der Waals surface area contributed by atoms with Gasteiger partial charge in [0.15, 0.2) is 0 Å². The first-order chi connectivity index (χ1) is 10.7. The molecule has 4 atom stereocenters. The van der Waals surface area contributed by atoms with Crippen LogP contribution in [0.3, 0.4) is 0 Å². The van der Waals surface area contributed by atoms with Crippen LogP contribution >= 0.6 is 0 Å². The highest BCUT2D eigenvalue weighted by Crippen LogP contribution is 2.46. The first-order valence-electron chi connectivity index (χ1n) is 8.36. The molecule has 4 rings (SSSR count). The fourth-order valence-corrected chi connectivity index (χ4v) is 4.65. The van der Waals surface area contributed by atoms with Crippen LogP contribution in [0, 0.1) is 11.8 Å². The van der Waals surface area contributed by atoms with E-state index in [2.05, 4.69) is 62.4 Å². The molecule has 2 aromatic carbocycles. The first-order valence-corrected chi connectivity index (χ1v) is 8.36. The molecule has 0 fully saturated rings. The molecule has 0 radical (unpaired) electrons. The van der Waals surface area contributed by atoms with Gasteiger partial charge in [0.2, 0.25) is 0 Å². The Morgan fingerprint density at radius 1 is 0.773 bits per heavy atom. The van der Waals surface area contributed by atoms with E-state index < -0.39 is 0 Å². The average molecular weight is 290 g/mol. The fourth-order valence-electron chi connectivity index (χ4n) is 4.65. The molecule has 0 saturated heterocycles. The molecule has 1 nitrogen and oxygen atoms in total. The van der Waals surface area contributed by atoms with Crippen molar-refractivity contribution in [1.29, 1.82) is 0 Å². The second-order valence-electron chi connectivity index (χ2n) is 7.12. The van der Waals surface area contributed by atoms with Gasteiger partial charge in [-0.15, -0.1) is 0 Å². The zero-order valence-corrected chi connectivity index (χ0v) is 13.3. The van der Waals surface area contributed by atoms with Gasteiger partial charge < -0.3 is 0 Å². The Bertz CT molecular complexity index is 669. The van der Waals surface area contributed by atoms with E-state index in [9.17, 15) is 4.79 Å². The largest absolute Gasteiger partial charge is 0.298 e. The molecular weight excluding hydrogens is 268 g/mol. The van der Waals surface area contributed by atoms with Crippen LogP contribution in [-0.4, -0.2) is 5.78 Å². The molecule has 0 N–H and O–H groups in total. The van der Waals surface area contributed by atoms with Crippen LogP contribution in [-0.2, 0) is 17.6 Å². The molecule has 0 aliphatic heterocycles. The highest BCUT2D eigenvalue weighted by atomic mass is 16.1. The molecule has 0 saturated carbocycles. The smallest absolute Gasteiger partial charge is 0.148 e. The lowest BCUT2D eigenvalue weighted by Gasteiger charge is -2.23. The molecular formula is C21H22O. The lowest BCUT2D eigenvalue weighted by molar-refractivity contribution is -0.123. The molecule has 0 amide bonds. The van der Waals surface area contributed by atoms with Crippen LogP contribution in [0.5, 0.6) is 0 Å². The van der Waals surface area contributed by atoms with Crippen LogP contribution in [0.15, 0.2) is 48.5 Å². The summed E-state index contributed by atoms with van der Waals surface area (Å²) in [5, 5.41) is 0. The maximum Gasteiger partial charge on any atom is 0.148 e. The summed E-state index contributed by atoms with van der Waals surface area (Å²) in [4.78, 5) is 13.4. The number of hydrogen-bond acceptors (Lipinski definition) is 1. The molecule has 0 aromatic heterocycles. The maximum absolute atomic E-state index is 13.4. The average Bonchev–Trinajstić information content (AvgIpc) is 3.01. The summed E-state index contributed by atoms with van der Waals surface area (Å²) in [5.41, 5.74) is 5.28. The van der Waals surface area contributed by atoms with E-state index >= 15 is 0 Å². The van der Waals surface area contributed by atoms with Gasteiger partial charge in [-0.1, -0.05) is 62.4 Å². The predicted molar refractivity (Wildman–Crippen MR) is 89.1 cm³/mol. The predicted octanol–water partition coefficient (Wildman–Crippen LogP) is 4.51. The highest BCUT2D eigenvalue weighted by molar-refractivity contribution is 5.94. The van der Waals surface area contributed by atoms with Crippen molar-refractivity contribution in [2.24, 2.45) is 11.8 Å². The number of ketones is 1. The van der Waals surface area contributed by atoms with Gasteiger partial charge in [0.1, 0.15) is 5.78 Å². The summed E-state index contributed by atoms with van der Waals surface area (Å²) in [6.45, 7) is 4.46. The standard InChI is InChI=1S/C21H22O/c1-13-11-15-7-3-5-9-17(15)19(13)21(22)20-14(2)12-16-8-4-6-10-18(16)20/h3-10,13-14,19-20H,11-12H2,1-2H3. The second-order valence-corrected chi connectivity index (χ2v) is 7.12. The molecule has 4 unspecified atom stereocenters. The van der Waals surface area contributed by atoms with Crippen molar-refractivity contribution in [3.8, 4) is 0 Å². The minimum Gasteiger partial charge on any atom is -0.298 e. The fraction of sp³-hybridized carbons (Fsp3) is 0.381. The number of rotatable bonds is 2. The monoisotopic (exact) mass is 290 g/mol. The highest BCUT2D eigenvalue weighted by Gasteiger charge is 2.42. The summed E-state index contributed by atoms with van der Waals surface area (Å²) in [7, 11) is 0. The molecule has 2 aliphatic carbocycles. The number of carbonyl (C=O) groups is 1. The van der Waals surface area contributed by atoms with Crippen molar-refractivity contribution < 1.29 is 4.79 Å². The van der Waals surface area contributed by atoms with Gasteiger partial charge in [0.25, 0.3) is 0 Å². The second kappa shape index (κ2) is 5.08. The number of Topliss-reactive ketones (excluding diaryl/α,β-unsaturated/α-hetero) is 1. The van der Waals surface area contributed by atoms with Crippen LogP contribution in [0.2, 0.25) is 0 Å². The molecule has 22 heavy (non-hydrogen) atoms. The third kappa shape index (κ3) is 1.95. The molecule has 0 bridgehead atoms. The van der Waals surface area contributed by atoms with Gasteiger partial charge >= 0.3 is 0 Å². The Morgan fingerprint density at radius 3 is 1.64 bits per heavy atom. The number of benzene rings is 2. The summed E-state index contributed by atoms with van der Waals surface area (Å²) in [6.07, 6.45) is 2.07. The van der Waals surface area contributed by atoms with Gasteiger partial charge in [-0.05, 0) is 46.9 Å². The Balaban J connectivity index is 1.74. The summed E-state index contributed by atoms with van der Waals surface area (Å²) >= 11 is 0. The minimum atomic E-state index is 0.0785. The molecule has 0 heterocycles. The quantitative estimate of drug-likeness (QED) is 0.795. The van der Waals surface area contributed by atoms with Crippen LogP contribution in [0.4, 0.5) is 0 Å². The third-order valence-corrected chi connectivity index (χ3v) is 5.62. The van der Waals surface area contributed by atoms with Crippen molar-refractivity contribution in [2.75, 3.05) is 0 Å². The Labute approximate surface area is 132 Å². The van der Waals surface area contributed by atoms with E-state index in [0.717, 1.165) is 12.8 Å². The van der Waals surface area contributed by atoms with E-state index in [1.165, 1.54) is 22.3 Å². The molecule has 2 aromatic rings. The topological polar surface area (TPSA) is 17.1 Å². The van der Waals surface area contributed by atoms with Gasteiger partial charge in [0, 0.05) is 11.8 Å². The lowest BCUT2D eigenvalue weighted by atomic mass is 9.78. The van der Waals surface area contributed by atoms with E-state index in [4.69, 9.17) is 0 Å². The zero-order chi connectivity index (χ0) is 15.3. The van der Waals surface area contributed by atoms with Gasteiger partial charge in [-0.3, -0.25) is 4.79 Å². The normalized spacial score (nSPS) is 29.2. The molecule has 0 spiro atoms. The number of carbonyl (C=O) groups excluding carboxylic acids is 1. The Hall–Kier alpha value is -1.89. The first kappa shape index (κ1) is 13.8. The van der Waals surface area contributed by atoms with E-state index in [1.807, 2.05) is 0 Å². The van der Waals surface area contributed by atoms with Gasteiger partial charge in [-0.25, -0.2) is 0 Å². The number of fused-ring (bicyclic) bond motifs is 2. The minimum absolute atomic E-state index is 0.0785. The summed E-state index contributed by atoms with van der Waals surface area (Å²) in [5.74, 6) is 1.44. The maximum atomic E-state index is 13.4. The van der Waals surface area contributed by atoms with E-state index in [0.29, 0.717) is 17.6 Å². The van der Waals surface area contributed by atoms with Crippen LogP contribution in [0.1, 0.15) is 47.9 Å². The summed E-state index contributed by atoms with van der Waals surface area (Å²) < 4.78 is 0. The van der Waals surface area contributed by atoms with Gasteiger partial charge in [-0.2, -0.15) is 0 Å². The van der Waals surface area contributed by atoms with Crippen molar-refractivity contribution in [3.63, 3.8) is 0 Å². The zero-order valence-electron chi connectivity index (χ0n) is 13.3. The van der Waals surface area contributed by atoms with Crippen molar-refractivity contribution in [3.05, 3.63) is 70.8 Å². The third-order valence-electron chi connectivity index (χ3n) is 5.62. The van der Waals surface area contributed by atoms with Crippen LogP contribution in [0.25, 0.3) is 0 Å². The van der Waals surface area contributed by atoms with Crippen molar-refractivity contribution >= 4 is 5.78 Å². The SMILES string of the molecule is CC1Cc2ccccc2C1C(=O)C1c2ccccc2CC1C. The molecule has 2 aliphatic rings. The van der Waals surface area contributed by atoms with Crippen molar-refractivity contribution in [2.45, 2.75) is 38.5 Å². The Kier molecular flexibility index (Phi) is 3.18. The van der Waals surface area contributed by atoms with Crippen LogP contribution < -0.4 is 0 Å². The van der Waals surface area contributed by atoms with E-state index in [-0.39, 0.29) is 11.8 Å². The molecule has 112 valence electrons. The summed E-state index contributed by atoms with van der Waals surface area (Å²) in [6, 6.07) is 17.0.